The Balaban J connectivity index is 1.35. The van der Waals surface area contributed by atoms with Gasteiger partial charge in [0.2, 0.25) is 0 Å². The van der Waals surface area contributed by atoms with E-state index in [9.17, 15) is 9.90 Å². The number of phenols is 1. The maximum atomic E-state index is 12.1. The summed E-state index contributed by atoms with van der Waals surface area (Å²) in [6.07, 6.45) is 6.13. The van der Waals surface area contributed by atoms with Crippen LogP contribution in [0.15, 0.2) is 47.3 Å². The molecule has 7 nitrogen and oxygen atoms in total. The Morgan fingerprint density at radius 2 is 1.79 bits per heavy atom. The van der Waals surface area contributed by atoms with Crippen molar-refractivity contribution in [2.45, 2.75) is 57.2 Å². The van der Waals surface area contributed by atoms with E-state index in [1.807, 2.05) is 37.3 Å². The van der Waals surface area contributed by atoms with E-state index >= 15 is 0 Å². The smallest absolute Gasteiger partial charge is 0.251 e. The van der Waals surface area contributed by atoms with Crippen molar-refractivity contribution < 1.29 is 5.11 Å². The fourth-order valence-corrected chi connectivity index (χ4v) is 5.26. The summed E-state index contributed by atoms with van der Waals surface area (Å²) in [6, 6.07) is 14.5. The van der Waals surface area contributed by atoms with Crippen molar-refractivity contribution in [3.8, 4) is 28.1 Å². The van der Waals surface area contributed by atoms with Crippen LogP contribution in [0.25, 0.3) is 22.4 Å². The Bertz CT molecular complexity index is 1210. The van der Waals surface area contributed by atoms with Gasteiger partial charge in [-0.2, -0.15) is 0 Å². The molecule has 5 rings (SSSR count). The molecule has 33 heavy (non-hydrogen) atoms. The van der Waals surface area contributed by atoms with E-state index in [-0.39, 0.29) is 11.3 Å². The summed E-state index contributed by atoms with van der Waals surface area (Å²) in [7, 11) is 3.85. The van der Waals surface area contributed by atoms with Crippen LogP contribution in [-0.2, 0) is 7.05 Å². The molecule has 2 saturated heterocycles. The van der Waals surface area contributed by atoms with Gasteiger partial charge in [-0.3, -0.25) is 4.79 Å². The molecule has 0 aliphatic carbocycles. The van der Waals surface area contributed by atoms with E-state index in [4.69, 9.17) is 0 Å². The van der Waals surface area contributed by atoms with Gasteiger partial charge in [-0.15, -0.1) is 10.2 Å². The molecule has 2 aliphatic rings. The van der Waals surface area contributed by atoms with Crippen molar-refractivity contribution in [3.63, 3.8) is 0 Å². The highest BCUT2D eigenvalue weighted by Crippen LogP contribution is 2.33. The van der Waals surface area contributed by atoms with Crippen LogP contribution >= 0.6 is 0 Å². The van der Waals surface area contributed by atoms with Gasteiger partial charge in [-0.25, -0.2) is 0 Å². The number of anilines is 1. The number of nitrogens with zero attached hydrogens (tertiary/aromatic N) is 4. The molecule has 0 radical (unpaired) electrons. The first kappa shape index (κ1) is 21.6. The number of hydrogen-bond donors (Lipinski definition) is 2. The number of rotatable bonds is 4. The van der Waals surface area contributed by atoms with Gasteiger partial charge < -0.3 is 19.9 Å². The van der Waals surface area contributed by atoms with Crippen molar-refractivity contribution in [3.05, 3.63) is 58.5 Å². The summed E-state index contributed by atoms with van der Waals surface area (Å²) in [5.41, 5.74) is 3.61. The first-order valence-electron chi connectivity index (χ1n) is 11.7. The number of benzene rings is 1. The lowest BCUT2D eigenvalue weighted by atomic mass is 9.83. The van der Waals surface area contributed by atoms with Gasteiger partial charge >= 0.3 is 0 Å². The van der Waals surface area contributed by atoms with Crippen molar-refractivity contribution in [1.29, 1.82) is 0 Å². The number of nitrogens with one attached hydrogen (secondary N) is 1. The largest absolute Gasteiger partial charge is 0.507 e. The highest BCUT2D eigenvalue weighted by molar-refractivity contribution is 5.74. The second kappa shape index (κ2) is 8.63. The van der Waals surface area contributed by atoms with Gasteiger partial charge in [0.25, 0.3) is 5.56 Å². The second-order valence-corrected chi connectivity index (χ2v) is 9.52. The minimum absolute atomic E-state index is 0.0727. The van der Waals surface area contributed by atoms with Crippen LogP contribution in [0.3, 0.4) is 0 Å². The minimum atomic E-state index is -0.0727. The molecule has 2 aromatic heterocycles. The third-order valence-electron chi connectivity index (χ3n) is 7.36. The predicted octanol–water partition coefficient (Wildman–Crippen LogP) is 3.63. The van der Waals surface area contributed by atoms with Crippen molar-refractivity contribution in [2.75, 3.05) is 11.9 Å². The molecule has 2 aliphatic heterocycles. The molecule has 7 heteroatoms. The lowest BCUT2D eigenvalue weighted by Crippen LogP contribution is -2.54. The van der Waals surface area contributed by atoms with Gasteiger partial charge in [0.1, 0.15) is 5.75 Å². The number of pyridine rings is 1. The van der Waals surface area contributed by atoms with E-state index in [2.05, 4.69) is 27.5 Å². The molecule has 1 aromatic carbocycles. The van der Waals surface area contributed by atoms with Gasteiger partial charge in [0, 0.05) is 49.5 Å². The molecular formula is C26H31N5O2. The van der Waals surface area contributed by atoms with Crippen LogP contribution in [0.2, 0.25) is 0 Å². The van der Waals surface area contributed by atoms with Gasteiger partial charge in [0.15, 0.2) is 5.82 Å². The maximum Gasteiger partial charge on any atom is 0.251 e. The number of aryl methyl sites for hydroxylation is 1. The fourth-order valence-electron chi connectivity index (χ4n) is 5.26. The average Bonchev–Trinajstić information content (AvgIpc) is 2.81. The first-order valence-corrected chi connectivity index (χ1v) is 11.7. The summed E-state index contributed by atoms with van der Waals surface area (Å²) in [6.45, 7) is 1.89. The number of phenolic OH excluding ortho intramolecular Hbond substituents is 1. The number of piperidine rings is 2. The monoisotopic (exact) mass is 445 g/mol. The molecule has 0 unspecified atom stereocenters. The highest BCUT2D eigenvalue weighted by atomic mass is 16.3. The SMILES string of the molecule is Cc1cc(-c2ccc(-c3ccc(N(C)[C@@H]4C[C@H]5CCC[C@@H](C4)N5)nn3)c(O)c2)cc(=O)n1C. The molecule has 2 fully saturated rings. The lowest BCUT2D eigenvalue weighted by Gasteiger charge is -2.43. The van der Waals surface area contributed by atoms with Gasteiger partial charge in [0.05, 0.1) is 5.69 Å². The number of fused-ring (bicyclic) bond motifs is 2. The van der Waals surface area contributed by atoms with Crippen molar-refractivity contribution in [1.82, 2.24) is 20.1 Å². The summed E-state index contributed by atoms with van der Waals surface area (Å²) in [5, 5.41) is 23.3. The number of aromatic hydroxyl groups is 1. The van der Waals surface area contributed by atoms with Crippen LogP contribution in [0.1, 0.15) is 37.8 Å². The molecule has 0 spiro atoms. The van der Waals surface area contributed by atoms with Crippen LogP contribution in [-0.4, -0.2) is 45.0 Å². The standard InChI is InChI=1S/C26H31N5O2/c1-16-11-18(13-26(33)30(16)2)17-7-8-22(24(32)12-17)23-9-10-25(29-28-23)31(3)21-14-19-5-4-6-20(15-21)27-19/h7-13,19-21,27,32H,4-6,14-15H2,1-3H3/t19-,20+,21-. The van der Waals surface area contributed by atoms with Crippen LogP contribution in [0.5, 0.6) is 5.75 Å². The zero-order valence-corrected chi connectivity index (χ0v) is 19.5. The Kier molecular flexibility index (Phi) is 5.66. The highest BCUT2D eigenvalue weighted by Gasteiger charge is 2.33. The average molecular weight is 446 g/mol. The normalized spacial score (nSPS) is 22.2. The lowest BCUT2D eigenvalue weighted by molar-refractivity contribution is 0.219. The van der Waals surface area contributed by atoms with E-state index in [1.54, 1.807) is 23.7 Å². The molecule has 172 valence electrons. The summed E-state index contributed by atoms with van der Waals surface area (Å²) in [4.78, 5) is 14.4. The Morgan fingerprint density at radius 3 is 2.42 bits per heavy atom. The molecule has 0 saturated carbocycles. The van der Waals surface area contributed by atoms with Crippen LogP contribution in [0, 0.1) is 6.92 Å². The number of hydrogen-bond acceptors (Lipinski definition) is 6. The van der Waals surface area contributed by atoms with E-state index in [0.29, 0.717) is 29.4 Å². The molecule has 3 aromatic rings. The molecule has 3 atom stereocenters. The van der Waals surface area contributed by atoms with Crippen molar-refractivity contribution in [2.24, 2.45) is 7.05 Å². The summed E-state index contributed by atoms with van der Waals surface area (Å²) in [5.74, 6) is 0.975. The molecule has 4 heterocycles. The molecule has 2 bridgehead atoms. The first-order chi connectivity index (χ1) is 15.9. The van der Waals surface area contributed by atoms with E-state index in [1.165, 1.54) is 19.3 Å². The fraction of sp³-hybridized carbons (Fsp3) is 0.423. The summed E-state index contributed by atoms with van der Waals surface area (Å²) < 4.78 is 1.60. The topological polar surface area (TPSA) is 83.3 Å². The molecule has 2 N–H and O–H groups in total. The zero-order chi connectivity index (χ0) is 23.1. The predicted molar refractivity (Wildman–Crippen MR) is 131 cm³/mol. The van der Waals surface area contributed by atoms with Crippen LogP contribution < -0.4 is 15.8 Å². The molecule has 0 amide bonds. The molecular weight excluding hydrogens is 414 g/mol. The van der Waals surface area contributed by atoms with Crippen molar-refractivity contribution >= 4 is 5.82 Å². The maximum absolute atomic E-state index is 12.1. The third-order valence-corrected chi connectivity index (χ3v) is 7.36. The van der Waals surface area contributed by atoms with E-state index < -0.39 is 0 Å². The Morgan fingerprint density at radius 1 is 1.03 bits per heavy atom. The van der Waals surface area contributed by atoms with Gasteiger partial charge in [-0.05, 0) is 74.1 Å². The van der Waals surface area contributed by atoms with Crippen LogP contribution in [0.4, 0.5) is 5.82 Å². The Labute approximate surface area is 194 Å². The van der Waals surface area contributed by atoms with Gasteiger partial charge in [-0.1, -0.05) is 12.5 Å². The number of aromatic nitrogens is 3. The van der Waals surface area contributed by atoms with E-state index in [0.717, 1.165) is 35.5 Å². The quantitative estimate of drug-likeness (QED) is 0.638. The second-order valence-electron chi connectivity index (χ2n) is 9.52. The third kappa shape index (κ3) is 4.25. The Hall–Kier alpha value is -3.19. The summed E-state index contributed by atoms with van der Waals surface area (Å²) >= 11 is 0. The zero-order valence-electron chi connectivity index (χ0n) is 19.5. The minimum Gasteiger partial charge on any atom is -0.507 e.